The van der Waals surface area contributed by atoms with Crippen LogP contribution in [0.2, 0.25) is 0 Å². The van der Waals surface area contributed by atoms with Gasteiger partial charge in [0, 0.05) is 17.7 Å². The van der Waals surface area contributed by atoms with Gasteiger partial charge in [-0.1, -0.05) is 6.07 Å². The molecule has 1 aliphatic rings. The zero-order valence-electron chi connectivity index (χ0n) is 15.2. The van der Waals surface area contributed by atoms with Crippen molar-refractivity contribution in [1.29, 1.82) is 0 Å². The van der Waals surface area contributed by atoms with Gasteiger partial charge in [0.15, 0.2) is 0 Å². The molecule has 2 heterocycles. The van der Waals surface area contributed by atoms with Crippen LogP contribution in [0.5, 0.6) is 5.75 Å². The van der Waals surface area contributed by atoms with Gasteiger partial charge in [0.25, 0.3) is 0 Å². The van der Waals surface area contributed by atoms with Gasteiger partial charge in [-0.2, -0.15) is 5.10 Å². The van der Waals surface area contributed by atoms with Gasteiger partial charge >= 0.3 is 5.97 Å². The zero-order valence-corrected chi connectivity index (χ0v) is 15.2. The van der Waals surface area contributed by atoms with E-state index in [4.69, 9.17) is 13.9 Å². The Morgan fingerprint density at radius 2 is 2.22 bits per heavy atom. The second kappa shape index (κ2) is 7.22. The molecule has 0 fully saturated rings. The van der Waals surface area contributed by atoms with Crippen LogP contribution in [0.15, 0.2) is 34.9 Å². The van der Waals surface area contributed by atoms with Crippen LogP contribution < -0.4 is 4.74 Å². The van der Waals surface area contributed by atoms with E-state index in [1.807, 2.05) is 35.1 Å². The second-order valence-electron chi connectivity index (χ2n) is 6.47. The highest BCUT2D eigenvalue weighted by atomic mass is 16.5. The summed E-state index contributed by atoms with van der Waals surface area (Å²) in [7, 11) is 3.04. The highest BCUT2D eigenvalue weighted by Crippen LogP contribution is 2.27. The van der Waals surface area contributed by atoms with Crippen molar-refractivity contribution in [2.24, 2.45) is 5.92 Å². The molecule has 27 heavy (non-hydrogen) atoms. The Kier molecular flexibility index (Phi) is 4.62. The molecule has 0 amide bonds. The quantitative estimate of drug-likeness (QED) is 0.638. The molecule has 1 atom stereocenters. The van der Waals surface area contributed by atoms with Crippen LogP contribution in [0.3, 0.4) is 0 Å². The van der Waals surface area contributed by atoms with E-state index in [0.29, 0.717) is 24.7 Å². The van der Waals surface area contributed by atoms with Gasteiger partial charge in [0.2, 0.25) is 11.8 Å². The molecule has 0 radical (unpaired) electrons. The van der Waals surface area contributed by atoms with E-state index < -0.39 is 0 Å². The van der Waals surface area contributed by atoms with Gasteiger partial charge in [-0.05, 0) is 36.6 Å². The number of carbonyl (C=O) groups excluding carboxylic acids is 1. The highest BCUT2D eigenvalue weighted by molar-refractivity contribution is 5.73. The monoisotopic (exact) mass is 368 g/mol. The minimum atomic E-state index is -0.175. The molecule has 0 N–H and O–H groups in total. The summed E-state index contributed by atoms with van der Waals surface area (Å²) in [6.07, 6.45) is 4.06. The van der Waals surface area contributed by atoms with Gasteiger partial charge in [0.1, 0.15) is 12.3 Å². The van der Waals surface area contributed by atoms with Crippen molar-refractivity contribution in [1.82, 2.24) is 20.0 Å². The topological polar surface area (TPSA) is 92.3 Å². The Morgan fingerprint density at radius 1 is 1.33 bits per heavy atom. The van der Waals surface area contributed by atoms with E-state index in [1.54, 1.807) is 7.11 Å². The van der Waals surface area contributed by atoms with Crippen LogP contribution in [0, 0.1) is 5.92 Å². The molecule has 1 aromatic carbocycles. The lowest BCUT2D eigenvalue weighted by atomic mass is 9.88. The molecule has 2 aromatic heterocycles. The van der Waals surface area contributed by atoms with Crippen LogP contribution in [-0.4, -0.2) is 40.2 Å². The number of hydrogen-bond acceptors (Lipinski definition) is 7. The predicted octanol–water partition coefficient (Wildman–Crippen LogP) is 2.27. The number of hydrogen-bond donors (Lipinski definition) is 0. The van der Waals surface area contributed by atoms with E-state index >= 15 is 0 Å². The normalized spacial score (nSPS) is 16.0. The smallest absolute Gasteiger partial charge is 0.309 e. The second-order valence-corrected chi connectivity index (χ2v) is 6.47. The van der Waals surface area contributed by atoms with Crippen molar-refractivity contribution in [2.45, 2.75) is 25.8 Å². The molecule has 8 heteroatoms. The van der Waals surface area contributed by atoms with Crippen molar-refractivity contribution in [2.75, 3.05) is 14.2 Å². The van der Waals surface area contributed by atoms with Gasteiger partial charge in [0.05, 0.1) is 26.3 Å². The molecule has 0 saturated heterocycles. The van der Waals surface area contributed by atoms with Crippen molar-refractivity contribution < 1.29 is 18.7 Å². The van der Waals surface area contributed by atoms with Gasteiger partial charge in [-0.3, -0.25) is 9.48 Å². The molecule has 0 unspecified atom stereocenters. The summed E-state index contributed by atoms with van der Waals surface area (Å²) in [6, 6.07) is 7.45. The lowest BCUT2D eigenvalue weighted by Crippen LogP contribution is -2.25. The van der Waals surface area contributed by atoms with Crippen LogP contribution in [0.4, 0.5) is 0 Å². The predicted molar refractivity (Wildman–Crippen MR) is 95.1 cm³/mol. The molecule has 1 aliphatic carbocycles. The summed E-state index contributed by atoms with van der Waals surface area (Å²) in [5.74, 6) is 1.30. The minimum absolute atomic E-state index is 0.132. The fraction of sp³-hybridized carbons (Fsp3) is 0.368. The molecule has 3 aromatic rings. The van der Waals surface area contributed by atoms with Crippen molar-refractivity contribution in [3.05, 3.63) is 47.6 Å². The Labute approximate surface area is 156 Å². The molecule has 8 nitrogen and oxygen atoms in total. The molecule has 140 valence electrons. The Balaban J connectivity index is 1.54. The SMILES string of the molecule is COC(=O)[C@H]1CCc2cnn(Cc3nnc(-c4cccc(OC)c4)o3)c2C1. The Hall–Kier alpha value is -3.16. The first-order valence-corrected chi connectivity index (χ1v) is 8.76. The fourth-order valence-electron chi connectivity index (χ4n) is 3.38. The first-order valence-electron chi connectivity index (χ1n) is 8.76. The van der Waals surface area contributed by atoms with Crippen molar-refractivity contribution in [3.8, 4) is 17.2 Å². The zero-order chi connectivity index (χ0) is 18.8. The molecule has 4 rings (SSSR count). The first-order chi connectivity index (χ1) is 13.2. The number of ether oxygens (including phenoxy) is 2. The van der Waals surface area contributed by atoms with E-state index in [2.05, 4.69) is 15.3 Å². The summed E-state index contributed by atoms with van der Waals surface area (Å²) in [5.41, 5.74) is 2.97. The number of methoxy groups -OCH3 is 2. The number of aromatic nitrogens is 4. The summed E-state index contributed by atoms with van der Waals surface area (Å²) < 4.78 is 17.7. The van der Waals surface area contributed by atoms with Crippen LogP contribution in [-0.2, 0) is 28.9 Å². The van der Waals surface area contributed by atoms with E-state index in [0.717, 1.165) is 35.4 Å². The van der Waals surface area contributed by atoms with Crippen molar-refractivity contribution >= 4 is 5.97 Å². The number of nitrogens with zero attached hydrogens (tertiary/aromatic N) is 4. The first kappa shape index (κ1) is 17.3. The van der Waals surface area contributed by atoms with Crippen LogP contribution in [0.25, 0.3) is 11.5 Å². The summed E-state index contributed by atoms with van der Waals surface area (Å²) in [5, 5.41) is 12.7. The Morgan fingerprint density at radius 3 is 3.04 bits per heavy atom. The number of benzene rings is 1. The maximum atomic E-state index is 11.9. The lowest BCUT2D eigenvalue weighted by molar-refractivity contribution is -0.145. The van der Waals surface area contributed by atoms with Crippen LogP contribution in [0.1, 0.15) is 23.6 Å². The third-order valence-electron chi connectivity index (χ3n) is 4.84. The van der Waals surface area contributed by atoms with E-state index in [-0.39, 0.29) is 11.9 Å². The van der Waals surface area contributed by atoms with E-state index in [1.165, 1.54) is 7.11 Å². The number of fused-ring (bicyclic) bond motifs is 1. The average molecular weight is 368 g/mol. The number of esters is 1. The molecule has 0 aliphatic heterocycles. The fourth-order valence-corrected chi connectivity index (χ4v) is 3.38. The third-order valence-corrected chi connectivity index (χ3v) is 4.84. The lowest BCUT2D eigenvalue weighted by Gasteiger charge is -2.20. The number of rotatable bonds is 5. The average Bonchev–Trinajstić information content (AvgIpc) is 3.35. The third kappa shape index (κ3) is 3.42. The molecule has 0 saturated carbocycles. The van der Waals surface area contributed by atoms with Gasteiger partial charge in [-0.25, -0.2) is 0 Å². The highest BCUT2D eigenvalue weighted by Gasteiger charge is 2.28. The standard InChI is InChI=1S/C19H20N4O4/c1-25-15-5-3-4-12(8-15)18-22-21-17(27-18)11-23-16-9-13(19(24)26-2)6-7-14(16)10-20-23/h3-5,8,10,13H,6-7,9,11H2,1-2H3/t13-/m0/s1. The molecule has 0 spiro atoms. The maximum Gasteiger partial charge on any atom is 0.309 e. The summed E-state index contributed by atoms with van der Waals surface area (Å²) in [4.78, 5) is 11.9. The maximum absolute atomic E-state index is 11.9. The molecular formula is C19H20N4O4. The van der Waals surface area contributed by atoms with Crippen LogP contribution >= 0.6 is 0 Å². The molecular weight excluding hydrogens is 348 g/mol. The van der Waals surface area contributed by atoms with Gasteiger partial charge < -0.3 is 13.9 Å². The number of aryl methyl sites for hydroxylation is 1. The number of carbonyl (C=O) groups is 1. The van der Waals surface area contributed by atoms with Crippen molar-refractivity contribution in [3.63, 3.8) is 0 Å². The summed E-state index contributed by atoms with van der Waals surface area (Å²) >= 11 is 0. The largest absolute Gasteiger partial charge is 0.497 e. The van der Waals surface area contributed by atoms with E-state index in [9.17, 15) is 4.79 Å². The van der Waals surface area contributed by atoms with Gasteiger partial charge in [-0.15, -0.1) is 10.2 Å². The minimum Gasteiger partial charge on any atom is -0.497 e. The Bertz CT molecular complexity index is 962. The molecule has 0 bridgehead atoms. The summed E-state index contributed by atoms with van der Waals surface area (Å²) in [6.45, 7) is 0.361.